The van der Waals surface area contributed by atoms with E-state index in [2.05, 4.69) is 10.2 Å². The number of rotatable bonds is 3. The summed E-state index contributed by atoms with van der Waals surface area (Å²) in [6.07, 6.45) is 0.948. The average Bonchev–Trinajstić information content (AvgIpc) is 2.96. The van der Waals surface area contributed by atoms with Crippen molar-refractivity contribution in [1.29, 1.82) is 0 Å². The van der Waals surface area contributed by atoms with Gasteiger partial charge in [0.2, 0.25) is 0 Å². The van der Waals surface area contributed by atoms with Gasteiger partial charge in [-0.25, -0.2) is 4.57 Å². The molecule has 10 heteroatoms. The highest BCUT2D eigenvalue weighted by Crippen LogP contribution is 2.35. The minimum absolute atomic E-state index is 0.163. The first-order valence-electron chi connectivity index (χ1n) is 8.22. The molecule has 0 fully saturated rings. The summed E-state index contributed by atoms with van der Waals surface area (Å²) in [6.45, 7) is 1.83. The van der Waals surface area contributed by atoms with Gasteiger partial charge in [-0.05, 0) is 31.2 Å². The van der Waals surface area contributed by atoms with Crippen molar-refractivity contribution in [3.05, 3.63) is 69.5 Å². The van der Waals surface area contributed by atoms with Crippen LogP contribution in [0.2, 0.25) is 10.0 Å². The smallest absolute Gasteiger partial charge is 0.338 e. The SMILES string of the molecule is CC1N=C(c2ccccc2Cl)c2cc(Cl)ccc2-n2c(OS(C)(=O)=O)nnc21. The van der Waals surface area contributed by atoms with E-state index in [1.165, 1.54) is 4.57 Å². The van der Waals surface area contributed by atoms with E-state index in [1.54, 1.807) is 24.3 Å². The van der Waals surface area contributed by atoms with E-state index < -0.39 is 16.2 Å². The largest absolute Gasteiger partial charge is 0.343 e. The average molecular weight is 437 g/mol. The van der Waals surface area contributed by atoms with E-state index >= 15 is 0 Å². The van der Waals surface area contributed by atoms with E-state index in [-0.39, 0.29) is 6.01 Å². The molecule has 144 valence electrons. The number of hydrogen-bond acceptors (Lipinski definition) is 6. The van der Waals surface area contributed by atoms with E-state index in [0.29, 0.717) is 32.8 Å². The highest BCUT2D eigenvalue weighted by Gasteiger charge is 2.29. The zero-order chi connectivity index (χ0) is 20.1. The molecule has 0 amide bonds. The number of benzene rings is 2. The fourth-order valence-electron chi connectivity index (χ4n) is 3.05. The highest BCUT2D eigenvalue weighted by atomic mass is 35.5. The molecule has 0 saturated heterocycles. The van der Waals surface area contributed by atoms with Gasteiger partial charge in [0.15, 0.2) is 5.82 Å². The third kappa shape index (κ3) is 3.39. The van der Waals surface area contributed by atoms with Gasteiger partial charge in [0, 0.05) is 21.2 Å². The van der Waals surface area contributed by atoms with E-state index in [0.717, 1.165) is 11.8 Å². The van der Waals surface area contributed by atoms with Crippen molar-refractivity contribution >= 4 is 39.0 Å². The Bertz CT molecular complexity index is 1220. The van der Waals surface area contributed by atoms with Crippen LogP contribution < -0.4 is 4.18 Å². The van der Waals surface area contributed by atoms with Crippen LogP contribution in [-0.2, 0) is 10.1 Å². The Morgan fingerprint density at radius 3 is 2.54 bits per heavy atom. The molecule has 1 aliphatic heterocycles. The third-order valence-electron chi connectivity index (χ3n) is 4.16. The second kappa shape index (κ2) is 6.88. The maximum atomic E-state index is 11.7. The normalized spacial score (nSPS) is 16.0. The molecular formula is C18H14Cl2N4O3S. The Morgan fingerprint density at radius 2 is 1.82 bits per heavy atom. The van der Waals surface area contributed by atoms with Crippen molar-refractivity contribution in [2.24, 2.45) is 4.99 Å². The Labute approximate surface area is 171 Å². The minimum atomic E-state index is -3.80. The van der Waals surface area contributed by atoms with Crippen LogP contribution >= 0.6 is 23.2 Å². The number of fused-ring (bicyclic) bond motifs is 3. The fraction of sp³-hybridized carbons (Fsp3) is 0.167. The number of aliphatic imine (C=N–C) groups is 1. The molecule has 3 aromatic rings. The third-order valence-corrected chi connectivity index (χ3v) is 5.18. The van der Waals surface area contributed by atoms with Gasteiger partial charge in [-0.1, -0.05) is 46.5 Å². The molecule has 7 nitrogen and oxygen atoms in total. The van der Waals surface area contributed by atoms with E-state index in [4.69, 9.17) is 32.4 Å². The minimum Gasteiger partial charge on any atom is -0.343 e. The monoisotopic (exact) mass is 436 g/mol. The van der Waals surface area contributed by atoms with Crippen molar-refractivity contribution in [1.82, 2.24) is 14.8 Å². The molecule has 0 aliphatic carbocycles. The lowest BCUT2D eigenvalue weighted by Gasteiger charge is -2.14. The van der Waals surface area contributed by atoms with E-state index in [1.807, 2.05) is 25.1 Å². The zero-order valence-electron chi connectivity index (χ0n) is 14.8. The number of aromatic nitrogens is 3. The number of nitrogens with zero attached hydrogens (tertiary/aromatic N) is 4. The molecule has 28 heavy (non-hydrogen) atoms. The molecule has 4 rings (SSSR count). The molecule has 0 bridgehead atoms. The highest BCUT2D eigenvalue weighted by molar-refractivity contribution is 7.86. The summed E-state index contributed by atoms with van der Waals surface area (Å²) < 4.78 is 29.9. The van der Waals surface area contributed by atoms with Crippen molar-refractivity contribution in [3.63, 3.8) is 0 Å². The van der Waals surface area contributed by atoms with Crippen LogP contribution in [0.25, 0.3) is 5.69 Å². The van der Waals surface area contributed by atoms with Gasteiger partial charge in [0.1, 0.15) is 6.04 Å². The maximum Gasteiger partial charge on any atom is 0.338 e. The van der Waals surface area contributed by atoms with Gasteiger partial charge in [-0.15, -0.1) is 5.10 Å². The van der Waals surface area contributed by atoms with Gasteiger partial charge in [-0.2, -0.15) is 8.42 Å². The fourth-order valence-corrected chi connectivity index (χ4v) is 3.83. The first-order chi connectivity index (χ1) is 13.2. The first kappa shape index (κ1) is 18.9. The number of hydrogen-bond donors (Lipinski definition) is 0. The Balaban J connectivity index is 2.02. The van der Waals surface area contributed by atoms with E-state index in [9.17, 15) is 8.42 Å². The van der Waals surface area contributed by atoms with Crippen LogP contribution in [0.15, 0.2) is 47.5 Å². The van der Waals surface area contributed by atoms with Crippen LogP contribution in [0.1, 0.15) is 29.9 Å². The van der Waals surface area contributed by atoms with Gasteiger partial charge in [-0.3, -0.25) is 4.99 Å². The Hall–Kier alpha value is -2.42. The molecule has 1 atom stereocenters. The van der Waals surface area contributed by atoms with Gasteiger partial charge >= 0.3 is 16.1 Å². The quantitative estimate of drug-likeness (QED) is 0.582. The lowest BCUT2D eigenvalue weighted by molar-refractivity contribution is 0.462. The second-order valence-electron chi connectivity index (χ2n) is 6.26. The number of halogens is 2. The lowest BCUT2D eigenvalue weighted by Crippen LogP contribution is -2.13. The maximum absolute atomic E-state index is 11.7. The summed E-state index contributed by atoms with van der Waals surface area (Å²) in [5.74, 6) is 0.435. The standard InChI is InChI=1S/C18H14Cl2N4O3S/c1-10-17-22-23-18(27-28(2,25)26)24(17)15-8-7-11(19)9-13(15)16(21-10)12-5-3-4-6-14(12)20/h3-10H,1-2H3. The lowest BCUT2D eigenvalue weighted by atomic mass is 10.0. The van der Waals surface area contributed by atoms with Gasteiger partial charge in [0.05, 0.1) is 17.7 Å². The van der Waals surface area contributed by atoms with Crippen LogP contribution in [-0.4, -0.2) is 35.1 Å². The molecule has 1 aromatic heterocycles. The Kier molecular flexibility index (Phi) is 4.65. The van der Waals surface area contributed by atoms with Gasteiger partial charge in [0.25, 0.3) is 0 Å². The molecule has 0 radical (unpaired) electrons. The summed E-state index contributed by atoms with van der Waals surface area (Å²) >= 11 is 12.7. The molecule has 0 saturated carbocycles. The van der Waals surface area contributed by atoms with Crippen LogP contribution in [0.5, 0.6) is 6.01 Å². The molecule has 1 unspecified atom stereocenters. The molecule has 0 spiro atoms. The molecule has 2 aromatic carbocycles. The summed E-state index contributed by atoms with van der Waals surface area (Å²) in [5.41, 5.74) is 2.59. The molecular weight excluding hydrogens is 423 g/mol. The predicted octanol–water partition coefficient (Wildman–Crippen LogP) is 3.82. The van der Waals surface area contributed by atoms with Crippen molar-refractivity contribution in [3.8, 4) is 11.7 Å². The summed E-state index contributed by atoms with van der Waals surface area (Å²) in [5, 5.41) is 9.03. The predicted molar refractivity (Wildman–Crippen MR) is 107 cm³/mol. The van der Waals surface area contributed by atoms with Crippen LogP contribution in [0, 0.1) is 0 Å². The van der Waals surface area contributed by atoms with Crippen LogP contribution in [0.3, 0.4) is 0 Å². The molecule has 0 N–H and O–H groups in total. The first-order valence-corrected chi connectivity index (χ1v) is 10.8. The molecule has 1 aliphatic rings. The van der Waals surface area contributed by atoms with Crippen molar-refractivity contribution in [2.45, 2.75) is 13.0 Å². The summed E-state index contributed by atoms with van der Waals surface area (Å²) in [4.78, 5) is 4.79. The van der Waals surface area contributed by atoms with Crippen molar-refractivity contribution < 1.29 is 12.6 Å². The topological polar surface area (TPSA) is 86.4 Å². The second-order valence-corrected chi connectivity index (χ2v) is 8.68. The van der Waals surface area contributed by atoms with Crippen molar-refractivity contribution in [2.75, 3.05) is 6.26 Å². The Morgan fingerprint density at radius 1 is 1.07 bits per heavy atom. The van der Waals surface area contributed by atoms with Crippen LogP contribution in [0.4, 0.5) is 0 Å². The zero-order valence-corrected chi connectivity index (χ0v) is 17.1. The summed E-state index contributed by atoms with van der Waals surface area (Å²) in [7, 11) is -3.80. The van der Waals surface area contributed by atoms with Gasteiger partial charge < -0.3 is 4.18 Å². The summed E-state index contributed by atoms with van der Waals surface area (Å²) in [6, 6.07) is 11.9. The molecule has 2 heterocycles.